The van der Waals surface area contributed by atoms with Gasteiger partial charge in [0.15, 0.2) is 0 Å². The number of aromatic nitrogens is 1. The van der Waals surface area contributed by atoms with Gasteiger partial charge in [-0.15, -0.1) is 0 Å². The van der Waals surface area contributed by atoms with Crippen molar-refractivity contribution in [3.8, 4) is 0 Å². The Morgan fingerprint density at radius 3 is 2.53 bits per heavy atom. The predicted molar refractivity (Wildman–Crippen MR) is 60.5 cm³/mol. The van der Waals surface area contributed by atoms with Crippen LogP contribution in [0.15, 0.2) is 18.5 Å². The molecule has 0 radical (unpaired) electrons. The van der Waals surface area contributed by atoms with Crippen molar-refractivity contribution in [2.75, 3.05) is 0 Å². The first-order chi connectivity index (χ1) is 6.91. The van der Waals surface area contributed by atoms with Gasteiger partial charge in [-0.3, -0.25) is 4.98 Å². The molecule has 82 valence electrons. The molecule has 2 nitrogen and oxygen atoms in total. The van der Waals surface area contributed by atoms with Crippen molar-refractivity contribution in [3.63, 3.8) is 0 Å². The van der Waals surface area contributed by atoms with Crippen LogP contribution in [0.25, 0.3) is 0 Å². The Balaban J connectivity index is 2.31. The van der Waals surface area contributed by atoms with E-state index in [0.29, 0.717) is 0 Å². The van der Waals surface area contributed by atoms with Gasteiger partial charge in [-0.1, -0.05) is 19.9 Å². The van der Waals surface area contributed by atoms with E-state index in [1.165, 1.54) is 0 Å². The highest BCUT2D eigenvalue weighted by Crippen LogP contribution is 2.48. The van der Waals surface area contributed by atoms with Crippen molar-refractivity contribution in [2.24, 2.45) is 5.41 Å². The molecule has 1 heterocycles. The van der Waals surface area contributed by atoms with Crippen molar-refractivity contribution in [2.45, 2.75) is 45.6 Å². The quantitative estimate of drug-likeness (QED) is 0.764. The average Bonchev–Trinajstić information content (AvgIpc) is 2.42. The number of pyridine rings is 1. The van der Waals surface area contributed by atoms with Gasteiger partial charge in [0.05, 0.1) is 5.60 Å². The van der Waals surface area contributed by atoms with Crippen LogP contribution < -0.4 is 0 Å². The molecule has 0 spiro atoms. The fourth-order valence-electron chi connectivity index (χ4n) is 2.57. The number of hydrogen-bond donors (Lipinski definition) is 1. The van der Waals surface area contributed by atoms with Crippen LogP contribution in [0.2, 0.25) is 0 Å². The van der Waals surface area contributed by atoms with E-state index in [-0.39, 0.29) is 5.41 Å². The molecule has 0 amide bonds. The van der Waals surface area contributed by atoms with Crippen LogP contribution >= 0.6 is 0 Å². The molecule has 1 N–H and O–H groups in total. The van der Waals surface area contributed by atoms with Crippen LogP contribution in [0.5, 0.6) is 0 Å². The lowest BCUT2D eigenvalue weighted by Gasteiger charge is -2.25. The van der Waals surface area contributed by atoms with Crippen LogP contribution in [-0.2, 0) is 5.60 Å². The molecule has 1 aliphatic carbocycles. The first-order valence-corrected chi connectivity index (χ1v) is 5.56. The van der Waals surface area contributed by atoms with Gasteiger partial charge < -0.3 is 5.11 Å². The summed E-state index contributed by atoms with van der Waals surface area (Å²) >= 11 is 0. The Kier molecular flexibility index (Phi) is 2.34. The van der Waals surface area contributed by atoms with Gasteiger partial charge >= 0.3 is 0 Å². The first-order valence-electron chi connectivity index (χ1n) is 5.56. The molecule has 0 saturated heterocycles. The van der Waals surface area contributed by atoms with Gasteiger partial charge in [0.2, 0.25) is 0 Å². The number of rotatable bonds is 1. The maximum atomic E-state index is 10.6. The monoisotopic (exact) mass is 205 g/mol. The van der Waals surface area contributed by atoms with Crippen LogP contribution in [-0.4, -0.2) is 10.1 Å². The minimum atomic E-state index is -0.650. The average molecular weight is 205 g/mol. The Bertz CT molecular complexity index is 373. The normalized spacial score (nSPS) is 29.3. The lowest BCUT2D eigenvalue weighted by atomic mass is 9.86. The fourth-order valence-corrected chi connectivity index (χ4v) is 2.57. The van der Waals surface area contributed by atoms with Crippen molar-refractivity contribution >= 4 is 0 Å². The molecule has 1 aliphatic rings. The molecule has 1 atom stereocenters. The standard InChI is InChI=1S/C13H19NO/c1-10-6-11(8-14-7-10)13(15)5-4-12(2,3)9-13/h6-8,15H,4-5,9H2,1-3H3. The fraction of sp³-hybridized carbons (Fsp3) is 0.615. The summed E-state index contributed by atoms with van der Waals surface area (Å²) in [7, 11) is 0. The number of nitrogens with zero attached hydrogens (tertiary/aromatic N) is 1. The molecule has 1 saturated carbocycles. The molecule has 1 fully saturated rings. The highest BCUT2D eigenvalue weighted by Gasteiger charge is 2.43. The second kappa shape index (κ2) is 3.31. The molecular weight excluding hydrogens is 186 g/mol. The maximum Gasteiger partial charge on any atom is 0.0916 e. The van der Waals surface area contributed by atoms with Crippen LogP contribution in [0.4, 0.5) is 0 Å². The third-order valence-electron chi connectivity index (χ3n) is 3.40. The van der Waals surface area contributed by atoms with Crippen molar-refractivity contribution in [1.29, 1.82) is 0 Å². The van der Waals surface area contributed by atoms with E-state index in [2.05, 4.69) is 24.9 Å². The summed E-state index contributed by atoms with van der Waals surface area (Å²) in [5.74, 6) is 0. The van der Waals surface area contributed by atoms with Gasteiger partial charge in [-0.2, -0.15) is 0 Å². The topological polar surface area (TPSA) is 33.1 Å². The van der Waals surface area contributed by atoms with E-state index in [0.717, 1.165) is 30.4 Å². The van der Waals surface area contributed by atoms with E-state index >= 15 is 0 Å². The summed E-state index contributed by atoms with van der Waals surface area (Å²) in [6.45, 7) is 6.45. The molecule has 2 rings (SSSR count). The summed E-state index contributed by atoms with van der Waals surface area (Å²) in [5.41, 5.74) is 1.69. The summed E-state index contributed by atoms with van der Waals surface area (Å²) in [6.07, 6.45) is 6.40. The van der Waals surface area contributed by atoms with E-state index in [9.17, 15) is 5.11 Å². The van der Waals surface area contributed by atoms with Crippen LogP contribution in [0.1, 0.15) is 44.2 Å². The molecule has 1 aromatic heterocycles. The van der Waals surface area contributed by atoms with Crippen LogP contribution in [0.3, 0.4) is 0 Å². The zero-order valence-electron chi connectivity index (χ0n) is 9.75. The van der Waals surface area contributed by atoms with Gasteiger partial charge in [0.25, 0.3) is 0 Å². The molecule has 15 heavy (non-hydrogen) atoms. The molecule has 0 aliphatic heterocycles. The minimum absolute atomic E-state index is 0.249. The third kappa shape index (κ3) is 2.05. The van der Waals surface area contributed by atoms with Gasteiger partial charge in [-0.25, -0.2) is 0 Å². The summed E-state index contributed by atoms with van der Waals surface area (Å²) < 4.78 is 0. The Hall–Kier alpha value is -0.890. The Morgan fingerprint density at radius 2 is 2.00 bits per heavy atom. The van der Waals surface area contributed by atoms with Gasteiger partial charge in [0.1, 0.15) is 0 Å². The molecule has 2 heteroatoms. The lowest BCUT2D eigenvalue weighted by Crippen LogP contribution is -2.23. The molecule has 0 bridgehead atoms. The number of aliphatic hydroxyl groups is 1. The van der Waals surface area contributed by atoms with E-state index in [1.54, 1.807) is 6.20 Å². The second-order valence-electron chi connectivity index (χ2n) is 5.62. The smallest absolute Gasteiger partial charge is 0.0916 e. The van der Waals surface area contributed by atoms with Gasteiger partial charge in [-0.05, 0) is 37.2 Å². The zero-order chi connectivity index (χ0) is 11.1. The minimum Gasteiger partial charge on any atom is -0.385 e. The van der Waals surface area contributed by atoms with Crippen molar-refractivity contribution < 1.29 is 5.11 Å². The van der Waals surface area contributed by atoms with E-state index in [4.69, 9.17) is 0 Å². The molecular formula is C13H19NO. The maximum absolute atomic E-state index is 10.6. The second-order valence-corrected chi connectivity index (χ2v) is 5.62. The largest absolute Gasteiger partial charge is 0.385 e. The van der Waals surface area contributed by atoms with Crippen LogP contribution in [0, 0.1) is 12.3 Å². The highest BCUT2D eigenvalue weighted by atomic mass is 16.3. The summed E-state index contributed by atoms with van der Waals surface area (Å²) in [5, 5.41) is 10.6. The summed E-state index contributed by atoms with van der Waals surface area (Å²) in [4.78, 5) is 4.16. The van der Waals surface area contributed by atoms with Crippen molar-refractivity contribution in [3.05, 3.63) is 29.6 Å². The Labute approximate surface area is 91.4 Å². The predicted octanol–water partition coefficient (Wildman–Crippen LogP) is 2.79. The molecule has 0 aromatic carbocycles. The molecule has 1 aromatic rings. The lowest BCUT2D eigenvalue weighted by molar-refractivity contribution is 0.0334. The number of aryl methyl sites for hydroxylation is 1. The highest BCUT2D eigenvalue weighted by molar-refractivity contribution is 5.24. The van der Waals surface area contributed by atoms with E-state index < -0.39 is 5.60 Å². The van der Waals surface area contributed by atoms with Crippen molar-refractivity contribution in [1.82, 2.24) is 4.98 Å². The first kappa shape index (κ1) is 10.6. The Morgan fingerprint density at radius 1 is 1.27 bits per heavy atom. The zero-order valence-corrected chi connectivity index (χ0v) is 9.75. The summed E-state index contributed by atoms with van der Waals surface area (Å²) in [6, 6.07) is 2.05. The molecule has 1 unspecified atom stereocenters. The SMILES string of the molecule is Cc1cncc(C2(O)CCC(C)(C)C2)c1. The van der Waals surface area contributed by atoms with Gasteiger partial charge in [0, 0.05) is 18.0 Å². The number of hydrogen-bond acceptors (Lipinski definition) is 2. The third-order valence-corrected chi connectivity index (χ3v) is 3.40. The van der Waals surface area contributed by atoms with E-state index in [1.807, 2.05) is 13.1 Å².